The van der Waals surface area contributed by atoms with Gasteiger partial charge in [0.15, 0.2) is 0 Å². The maximum Gasteiger partial charge on any atom is 0.238 e. The Morgan fingerprint density at radius 3 is 2.74 bits per heavy atom. The van der Waals surface area contributed by atoms with E-state index in [1.165, 1.54) is 10.9 Å². The molecule has 1 aromatic heterocycles. The molecule has 0 spiro atoms. The molecule has 2 heterocycles. The smallest absolute Gasteiger partial charge is 0.238 e. The van der Waals surface area contributed by atoms with Gasteiger partial charge in [0.2, 0.25) is 5.91 Å². The van der Waals surface area contributed by atoms with Crippen molar-refractivity contribution < 1.29 is 13.6 Å². The molecule has 2 aromatic carbocycles. The molecule has 1 fully saturated rings. The molecule has 27 heavy (non-hydrogen) atoms. The molecule has 1 amide bonds. The van der Waals surface area contributed by atoms with Crippen LogP contribution in [0, 0.1) is 11.6 Å². The van der Waals surface area contributed by atoms with Gasteiger partial charge in [0.1, 0.15) is 11.6 Å². The van der Waals surface area contributed by atoms with Crippen molar-refractivity contribution in [1.29, 1.82) is 0 Å². The minimum atomic E-state index is -0.636. The van der Waals surface area contributed by atoms with Crippen LogP contribution in [0.5, 0.6) is 0 Å². The number of anilines is 1. The van der Waals surface area contributed by atoms with Crippen molar-refractivity contribution in [1.82, 2.24) is 9.88 Å². The minimum absolute atomic E-state index is 0.117. The van der Waals surface area contributed by atoms with Gasteiger partial charge in [-0.05, 0) is 55.6 Å². The number of hydrogen-bond acceptors (Lipinski definition) is 2. The van der Waals surface area contributed by atoms with Gasteiger partial charge >= 0.3 is 0 Å². The van der Waals surface area contributed by atoms with E-state index in [4.69, 9.17) is 0 Å². The number of benzene rings is 2. The van der Waals surface area contributed by atoms with Crippen LogP contribution in [0.2, 0.25) is 0 Å². The predicted octanol–water partition coefficient (Wildman–Crippen LogP) is 4.26. The second-order valence-corrected chi connectivity index (χ2v) is 7.01. The summed E-state index contributed by atoms with van der Waals surface area (Å²) in [6.45, 7) is 1.77. The van der Waals surface area contributed by atoms with Gasteiger partial charge in [-0.2, -0.15) is 0 Å². The number of H-pyrrole nitrogens is 1. The van der Waals surface area contributed by atoms with E-state index in [2.05, 4.69) is 33.5 Å². The Hall–Kier alpha value is -2.73. The summed E-state index contributed by atoms with van der Waals surface area (Å²) in [6.07, 6.45) is 4.01. The van der Waals surface area contributed by atoms with Gasteiger partial charge in [0.05, 0.1) is 12.2 Å². The second-order valence-electron chi connectivity index (χ2n) is 7.01. The molecular weight excluding hydrogens is 348 g/mol. The number of fused-ring (bicyclic) bond motifs is 1. The Bertz CT molecular complexity index is 961. The van der Waals surface area contributed by atoms with Crippen molar-refractivity contribution in [2.75, 3.05) is 25.0 Å². The Morgan fingerprint density at radius 1 is 1.15 bits per heavy atom. The summed E-state index contributed by atoms with van der Waals surface area (Å²) in [5.41, 5.74) is 2.36. The molecular formula is C21H21F2N3O. The van der Waals surface area contributed by atoms with Crippen LogP contribution in [-0.4, -0.2) is 35.4 Å². The number of amides is 1. The summed E-state index contributed by atoms with van der Waals surface area (Å²) in [4.78, 5) is 17.6. The normalized spacial score (nSPS) is 15.9. The zero-order valence-corrected chi connectivity index (χ0v) is 14.8. The van der Waals surface area contributed by atoms with E-state index >= 15 is 0 Å². The molecule has 140 valence electrons. The third-order valence-corrected chi connectivity index (χ3v) is 5.22. The number of halogens is 2. The van der Waals surface area contributed by atoms with Gasteiger partial charge in [-0.25, -0.2) is 8.78 Å². The van der Waals surface area contributed by atoms with Crippen LogP contribution in [0.1, 0.15) is 24.3 Å². The van der Waals surface area contributed by atoms with Crippen LogP contribution in [0.3, 0.4) is 0 Å². The number of aromatic nitrogens is 1. The first-order chi connectivity index (χ1) is 13.1. The number of carbonyl (C=O) groups is 1. The largest absolute Gasteiger partial charge is 0.361 e. The number of piperidine rings is 1. The molecule has 1 aliphatic rings. The van der Waals surface area contributed by atoms with Crippen molar-refractivity contribution in [3.63, 3.8) is 0 Å². The molecule has 3 aromatic rings. The van der Waals surface area contributed by atoms with Crippen LogP contribution in [0.25, 0.3) is 10.9 Å². The third kappa shape index (κ3) is 3.85. The number of aromatic amines is 1. The fourth-order valence-electron chi connectivity index (χ4n) is 3.82. The first-order valence-corrected chi connectivity index (χ1v) is 9.13. The van der Waals surface area contributed by atoms with E-state index in [0.29, 0.717) is 5.92 Å². The van der Waals surface area contributed by atoms with E-state index in [9.17, 15) is 13.6 Å². The first-order valence-electron chi connectivity index (χ1n) is 9.13. The molecule has 1 saturated heterocycles. The SMILES string of the molecule is O=C(CN1CCC(c2c[nH]c3ccccc23)CC1)Nc1cc(F)ccc1F. The average Bonchev–Trinajstić information content (AvgIpc) is 3.09. The highest BCUT2D eigenvalue weighted by atomic mass is 19.1. The van der Waals surface area contributed by atoms with E-state index < -0.39 is 11.6 Å². The maximum absolute atomic E-state index is 13.6. The van der Waals surface area contributed by atoms with E-state index in [1.807, 2.05) is 12.1 Å². The van der Waals surface area contributed by atoms with E-state index in [1.54, 1.807) is 0 Å². The van der Waals surface area contributed by atoms with Crippen molar-refractivity contribution in [3.05, 3.63) is 65.9 Å². The number of rotatable bonds is 4. The lowest BCUT2D eigenvalue weighted by molar-refractivity contribution is -0.117. The molecule has 0 bridgehead atoms. The number of nitrogens with zero attached hydrogens (tertiary/aromatic N) is 1. The molecule has 0 atom stereocenters. The van der Waals surface area contributed by atoms with Crippen LogP contribution in [-0.2, 0) is 4.79 Å². The zero-order valence-electron chi connectivity index (χ0n) is 14.8. The van der Waals surface area contributed by atoms with Crippen LogP contribution in [0.15, 0.2) is 48.7 Å². The molecule has 6 heteroatoms. The quantitative estimate of drug-likeness (QED) is 0.722. The zero-order chi connectivity index (χ0) is 18.8. The lowest BCUT2D eigenvalue weighted by Crippen LogP contribution is -2.38. The molecule has 1 aliphatic heterocycles. The fraction of sp³-hybridized carbons (Fsp3) is 0.286. The van der Waals surface area contributed by atoms with Gasteiger partial charge in [0.25, 0.3) is 0 Å². The van der Waals surface area contributed by atoms with Crippen molar-refractivity contribution in [2.45, 2.75) is 18.8 Å². The number of para-hydroxylation sites is 1. The minimum Gasteiger partial charge on any atom is -0.361 e. The molecule has 0 radical (unpaired) electrons. The number of hydrogen-bond donors (Lipinski definition) is 2. The molecule has 0 unspecified atom stereocenters. The molecule has 2 N–H and O–H groups in total. The van der Waals surface area contributed by atoms with Gasteiger partial charge in [-0.1, -0.05) is 18.2 Å². The van der Waals surface area contributed by atoms with Gasteiger partial charge < -0.3 is 10.3 Å². The number of nitrogens with one attached hydrogen (secondary N) is 2. The summed E-state index contributed by atoms with van der Waals surface area (Å²) in [6, 6.07) is 11.3. The second kappa shape index (κ2) is 7.48. The average molecular weight is 369 g/mol. The van der Waals surface area contributed by atoms with E-state index in [-0.39, 0.29) is 18.1 Å². The first kappa shape index (κ1) is 17.7. The highest BCUT2D eigenvalue weighted by Crippen LogP contribution is 2.33. The molecule has 0 saturated carbocycles. The van der Waals surface area contributed by atoms with Gasteiger partial charge in [-0.15, -0.1) is 0 Å². The van der Waals surface area contributed by atoms with Crippen LogP contribution in [0.4, 0.5) is 14.5 Å². The Labute approximate surface area is 156 Å². The van der Waals surface area contributed by atoms with Crippen molar-refractivity contribution in [2.24, 2.45) is 0 Å². The van der Waals surface area contributed by atoms with E-state index in [0.717, 1.165) is 49.6 Å². The van der Waals surface area contributed by atoms with Crippen molar-refractivity contribution >= 4 is 22.5 Å². The topological polar surface area (TPSA) is 48.1 Å². The van der Waals surface area contributed by atoms with Gasteiger partial charge in [-0.3, -0.25) is 9.69 Å². The van der Waals surface area contributed by atoms with Gasteiger partial charge in [0, 0.05) is 23.2 Å². The highest BCUT2D eigenvalue weighted by molar-refractivity contribution is 5.92. The van der Waals surface area contributed by atoms with Crippen LogP contribution < -0.4 is 5.32 Å². The molecule has 0 aliphatic carbocycles. The summed E-state index contributed by atoms with van der Waals surface area (Å²) in [5, 5.41) is 3.72. The highest BCUT2D eigenvalue weighted by Gasteiger charge is 2.24. The lowest BCUT2D eigenvalue weighted by Gasteiger charge is -2.31. The number of carbonyl (C=O) groups excluding carboxylic acids is 1. The third-order valence-electron chi connectivity index (χ3n) is 5.22. The van der Waals surface area contributed by atoms with Crippen molar-refractivity contribution in [3.8, 4) is 0 Å². The fourth-order valence-corrected chi connectivity index (χ4v) is 3.82. The maximum atomic E-state index is 13.6. The number of likely N-dealkylation sites (tertiary alicyclic amines) is 1. The monoisotopic (exact) mass is 369 g/mol. The summed E-state index contributed by atoms with van der Waals surface area (Å²) in [5.74, 6) is -1.08. The predicted molar refractivity (Wildman–Crippen MR) is 102 cm³/mol. The Balaban J connectivity index is 1.34. The summed E-state index contributed by atoms with van der Waals surface area (Å²) < 4.78 is 26.9. The standard InChI is InChI=1S/C21H21F2N3O/c22-15-5-6-18(23)20(11-15)25-21(27)13-26-9-7-14(8-10-26)17-12-24-19-4-2-1-3-16(17)19/h1-6,11-12,14,24H,7-10,13H2,(H,25,27). The van der Waals surface area contributed by atoms with Crippen LogP contribution >= 0.6 is 0 Å². The molecule has 4 nitrogen and oxygen atoms in total. The Morgan fingerprint density at radius 2 is 1.93 bits per heavy atom. The summed E-state index contributed by atoms with van der Waals surface area (Å²) >= 11 is 0. The summed E-state index contributed by atoms with van der Waals surface area (Å²) in [7, 11) is 0. The molecule has 4 rings (SSSR count). The Kier molecular flexibility index (Phi) is 4.90. The lowest BCUT2D eigenvalue weighted by atomic mass is 9.89.